The third-order valence-corrected chi connectivity index (χ3v) is 3.52. The van der Waals surface area contributed by atoms with Crippen LogP contribution in [0, 0.1) is 13.8 Å². The second-order valence-corrected chi connectivity index (χ2v) is 4.70. The van der Waals surface area contributed by atoms with Crippen LogP contribution in [0.15, 0.2) is 11.7 Å². The molecule has 0 aliphatic heterocycles. The highest BCUT2D eigenvalue weighted by Crippen LogP contribution is 2.13. The smallest absolute Gasteiger partial charge is 0.225 e. The van der Waals surface area contributed by atoms with Crippen molar-refractivity contribution in [3.05, 3.63) is 33.7 Å². The summed E-state index contributed by atoms with van der Waals surface area (Å²) in [4.78, 5) is 8.52. The van der Waals surface area contributed by atoms with E-state index in [1.54, 1.807) is 13.8 Å². The van der Waals surface area contributed by atoms with Gasteiger partial charge in [-0.2, -0.15) is 4.57 Å². The van der Waals surface area contributed by atoms with E-state index in [9.17, 15) is 5.11 Å². The molecule has 0 saturated heterocycles. The molecular weight excluding hydrogens is 248 g/mol. The van der Waals surface area contributed by atoms with E-state index in [1.807, 2.05) is 0 Å². The molecule has 18 heavy (non-hydrogen) atoms. The summed E-state index contributed by atoms with van der Waals surface area (Å²) < 4.78 is 32.5. The molecule has 0 unspecified atom stereocenters. The van der Waals surface area contributed by atoms with Crippen LogP contribution in [0.25, 0.3) is 0 Å². The maximum atomic E-state index is 9.30. The first-order chi connectivity index (χ1) is 10.0. The summed E-state index contributed by atoms with van der Waals surface area (Å²) in [5, 5.41) is 9.30. The van der Waals surface area contributed by atoms with Crippen molar-refractivity contribution in [2.75, 3.05) is 12.3 Å². The monoisotopic (exact) mass is 269 g/mol. The number of aryl methyl sites for hydroxylation is 2. The summed E-state index contributed by atoms with van der Waals surface area (Å²) in [6.45, 7) is -0.980. The molecule has 5 nitrogen and oxygen atoms in total. The molecule has 96 valence electrons. The van der Waals surface area contributed by atoms with E-state index in [0.717, 1.165) is 0 Å². The first-order valence-corrected chi connectivity index (χ1v) is 6.21. The van der Waals surface area contributed by atoms with Crippen LogP contribution in [0.1, 0.15) is 27.4 Å². The van der Waals surface area contributed by atoms with Gasteiger partial charge < -0.3 is 10.8 Å². The third-order valence-electron chi connectivity index (χ3n) is 2.48. The van der Waals surface area contributed by atoms with Crippen molar-refractivity contribution in [2.45, 2.75) is 26.8 Å². The average Bonchev–Trinajstić information content (AvgIpc) is 2.68. The molecule has 0 amide bonds. The minimum atomic E-state index is -2.34. The van der Waals surface area contributed by atoms with Crippen LogP contribution < -0.4 is 10.3 Å². The zero-order valence-corrected chi connectivity index (χ0v) is 11.0. The summed E-state index contributed by atoms with van der Waals surface area (Å²) in [5.74, 6) is 0.521. The molecule has 6 heteroatoms. The van der Waals surface area contributed by atoms with Gasteiger partial charge in [0.2, 0.25) is 5.51 Å². The molecule has 0 spiro atoms. The summed E-state index contributed by atoms with van der Waals surface area (Å²) in [7, 11) is 0. The summed E-state index contributed by atoms with van der Waals surface area (Å²) in [5.41, 5.74) is 8.00. The van der Waals surface area contributed by atoms with Crippen molar-refractivity contribution in [2.24, 2.45) is 0 Å². The highest BCUT2D eigenvalue weighted by Gasteiger charge is 2.16. The first kappa shape index (κ1) is 8.55. The van der Waals surface area contributed by atoms with Crippen LogP contribution in [0.4, 0.5) is 5.82 Å². The van der Waals surface area contributed by atoms with Crippen LogP contribution in [0.5, 0.6) is 0 Å². The number of hydrogen-bond donors (Lipinski definition) is 2. The average molecular weight is 269 g/mol. The maximum Gasteiger partial charge on any atom is 0.225 e. The quantitative estimate of drug-likeness (QED) is 0.797. The molecule has 2 aromatic heterocycles. The van der Waals surface area contributed by atoms with Crippen molar-refractivity contribution in [3.8, 4) is 0 Å². The normalized spacial score (nSPS) is 15.7. The van der Waals surface area contributed by atoms with Gasteiger partial charge in [-0.1, -0.05) is 11.3 Å². The number of aromatic nitrogens is 3. The van der Waals surface area contributed by atoms with E-state index < -0.39 is 13.1 Å². The van der Waals surface area contributed by atoms with E-state index in [2.05, 4.69) is 9.97 Å². The Morgan fingerprint density at radius 3 is 3.00 bits per heavy atom. The fraction of sp³-hybridized carbons (Fsp3) is 0.417. The Bertz CT molecular complexity index is 699. The lowest BCUT2D eigenvalue weighted by Gasteiger charge is -2.01. The second-order valence-electron chi connectivity index (χ2n) is 3.76. The minimum absolute atomic E-state index is 0.0645. The zero-order chi connectivity index (χ0) is 16.7. The fourth-order valence-corrected chi connectivity index (χ4v) is 2.33. The predicted octanol–water partition coefficient (Wildman–Crippen LogP) is 0.608. The predicted molar refractivity (Wildman–Crippen MR) is 70.3 cm³/mol. The molecule has 0 aromatic carbocycles. The zero-order valence-electron chi connectivity index (χ0n) is 14.1. The van der Waals surface area contributed by atoms with Gasteiger partial charge >= 0.3 is 0 Å². The van der Waals surface area contributed by atoms with E-state index in [0.29, 0.717) is 16.4 Å². The van der Waals surface area contributed by atoms with Gasteiger partial charge in [-0.15, -0.1) is 0 Å². The van der Waals surface area contributed by atoms with E-state index in [4.69, 9.17) is 11.2 Å². The SMILES string of the molecule is [2H]C([2H])(O)Cc1sc[n+](C([2H])([2H])c2cnc(C)nc2N)c1C. The van der Waals surface area contributed by atoms with Crippen molar-refractivity contribution >= 4 is 17.2 Å². The summed E-state index contributed by atoms with van der Waals surface area (Å²) in [6.07, 6.45) is 1.15. The van der Waals surface area contributed by atoms with E-state index in [1.165, 1.54) is 27.6 Å². The second kappa shape index (κ2) is 5.41. The van der Waals surface area contributed by atoms with E-state index in [-0.39, 0.29) is 17.8 Å². The van der Waals surface area contributed by atoms with Crippen molar-refractivity contribution in [3.63, 3.8) is 0 Å². The number of rotatable bonds is 4. The van der Waals surface area contributed by atoms with Gasteiger partial charge in [0, 0.05) is 26.1 Å². The Balaban J connectivity index is 2.46. The molecule has 0 saturated carbocycles. The fourth-order valence-electron chi connectivity index (χ4n) is 1.47. The summed E-state index contributed by atoms with van der Waals surface area (Å²) >= 11 is 1.17. The highest BCUT2D eigenvalue weighted by molar-refractivity contribution is 7.09. The lowest BCUT2D eigenvalue weighted by Crippen LogP contribution is -2.35. The molecule has 0 atom stereocenters. The topological polar surface area (TPSA) is 75.9 Å². The van der Waals surface area contributed by atoms with Crippen LogP contribution in [0.2, 0.25) is 0 Å². The van der Waals surface area contributed by atoms with Gasteiger partial charge in [0.15, 0.2) is 12.2 Å². The van der Waals surface area contributed by atoms with Gasteiger partial charge in [0.25, 0.3) is 0 Å². The summed E-state index contributed by atoms with van der Waals surface area (Å²) in [6, 6.07) is 0. The van der Waals surface area contributed by atoms with Crippen LogP contribution >= 0.6 is 11.3 Å². The Kier molecular flexibility index (Phi) is 2.57. The van der Waals surface area contributed by atoms with Crippen LogP contribution in [-0.2, 0) is 12.9 Å². The number of hydrogen-bond acceptors (Lipinski definition) is 5. The highest BCUT2D eigenvalue weighted by atomic mass is 32.1. The number of thiazole rings is 1. The van der Waals surface area contributed by atoms with Crippen molar-refractivity contribution in [1.29, 1.82) is 0 Å². The lowest BCUT2D eigenvalue weighted by atomic mass is 10.2. The standard InChI is InChI=1S/C12H17N4OS/c1-8-11(3-4-17)18-7-16(8)6-10-5-14-9(2)15-12(10)13/h5,7,17H,3-4,6H2,1-2H3,(H2,13,14,15)/q+1/i4D2,6D2. The van der Waals surface area contributed by atoms with Gasteiger partial charge in [-0.3, -0.25) is 0 Å². The van der Waals surface area contributed by atoms with Gasteiger partial charge in [-0.05, 0) is 6.92 Å². The van der Waals surface area contributed by atoms with Crippen molar-refractivity contribution < 1.29 is 15.2 Å². The lowest BCUT2D eigenvalue weighted by molar-refractivity contribution is -0.689. The van der Waals surface area contributed by atoms with Gasteiger partial charge in [0.1, 0.15) is 14.4 Å². The molecule has 2 heterocycles. The number of nitrogen functional groups attached to an aromatic ring is 1. The Morgan fingerprint density at radius 2 is 2.33 bits per heavy atom. The number of anilines is 1. The molecule has 3 N–H and O–H groups in total. The number of nitrogens with zero attached hydrogens (tertiary/aromatic N) is 3. The molecule has 2 rings (SSSR count). The molecule has 0 radical (unpaired) electrons. The first-order valence-electron chi connectivity index (χ1n) is 7.33. The van der Waals surface area contributed by atoms with Crippen LogP contribution in [-0.4, -0.2) is 21.6 Å². The molecule has 0 fully saturated rings. The van der Waals surface area contributed by atoms with Gasteiger partial charge in [0.05, 0.1) is 13.2 Å². The largest absolute Gasteiger partial charge is 0.396 e. The molecule has 2 aromatic rings. The number of aliphatic hydroxyl groups is 1. The number of nitrogens with two attached hydrogens (primary N) is 1. The van der Waals surface area contributed by atoms with Gasteiger partial charge in [-0.25, -0.2) is 9.97 Å². The third kappa shape index (κ3) is 2.65. The maximum absolute atomic E-state index is 9.30. The van der Waals surface area contributed by atoms with E-state index >= 15 is 0 Å². The van der Waals surface area contributed by atoms with Crippen molar-refractivity contribution in [1.82, 2.24) is 9.97 Å². The molecule has 0 bridgehead atoms. The molecule has 0 aliphatic carbocycles. The minimum Gasteiger partial charge on any atom is -0.396 e. The molecular formula is C12H17N4OS+. The Labute approximate surface area is 116 Å². The van der Waals surface area contributed by atoms with Crippen LogP contribution in [0.3, 0.4) is 0 Å². The Morgan fingerprint density at radius 1 is 1.56 bits per heavy atom. The Hall–Kier alpha value is -1.53. The molecule has 0 aliphatic rings.